The van der Waals surface area contributed by atoms with Gasteiger partial charge < -0.3 is 10.2 Å². The zero-order valence-electron chi connectivity index (χ0n) is 12.9. The van der Waals surface area contributed by atoms with Crippen LogP contribution in [0.2, 0.25) is 0 Å². The Morgan fingerprint density at radius 2 is 2.00 bits per heavy atom. The molecule has 1 aromatic carbocycles. The molecule has 1 saturated heterocycles. The third-order valence-electron chi connectivity index (χ3n) is 4.04. The van der Waals surface area contributed by atoms with Crippen molar-refractivity contribution >= 4 is 11.8 Å². The van der Waals surface area contributed by atoms with Crippen LogP contribution in [0.15, 0.2) is 24.3 Å². The molecular formula is C17H28N2S. The number of nitrogens with one attached hydrogen (secondary N) is 1. The van der Waals surface area contributed by atoms with Crippen molar-refractivity contribution in [1.82, 2.24) is 10.2 Å². The van der Waals surface area contributed by atoms with Crippen molar-refractivity contribution in [3.05, 3.63) is 35.4 Å². The smallest absolute Gasteiger partial charge is 0.0335 e. The molecule has 112 valence electrons. The highest BCUT2D eigenvalue weighted by Crippen LogP contribution is 2.21. The van der Waals surface area contributed by atoms with Gasteiger partial charge in [0.25, 0.3) is 0 Å². The van der Waals surface area contributed by atoms with Crippen LogP contribution in [0.4, 0.5) is 0 Å². The van der Waals surface area contributed by atoms with Gasteiger partial charge in [0.1, 0.15) is 0 Å². The fourth-order valence-electron chi connectivity index (χ4n) is 2.80. The van der Waals surface area contributed by atoms with E-state index in [1.165, 1.54) is 55.1 Å². The fraction of sp³-hybridized carbons (Fsp3) is 0.647. The van der Waals surface area contributed by atoms with Crippen molar-refractivity contribution in [2.45, 2.75) is 32.7 Å². The fourth-order valence-corrected chi connectivity index (χ4v) is 3.78. The maximum absolute atomic E-state index is 3.73. The quantitative estimate of drug-likeness (QED) is 0.828. The van der Waals surface area contributed by atoms with Gasteiger partial charge >= 0.3 is 0 Å². The summed E-state index contributed by atoms with van der Waals surface area (Å²) in [6.07, 6.45) is 2.41. The second-order valence-electron chi connectivity index (χ2n) is 5.61. The molecule has 2 rings (SSSR count). The Morgan fingerprint density at radius 1 is 1.25 bits per heavy atom. The van der Waals surface area contributed by atoms with Gasteiger partial charge in [-0.3, -0.25) is 0 Å². The molecule has 3 heteroatoms. The summed E-state index contributed by atoms with van der Waals surface area (Å²) in [5.74, 6) is 2.61. The lowest BCUT2D eigenvalue weighted by Crippen LogP contribution is -2.35. The molecule has 1 heterocycles. The molecular weight excluding hydrogens is 264 g/mol. The zero-order chi connectivity index (χ0) is 14.2. The molecule has 0 saturated carbocycles. The Kier molecular flexibility index (Phi) is 6.91. The standard InChI is InChI=1S/C17H28N2S/c1-3-9-18-17(16-7-5-4-6-15(16)2)8-10-19-11-13-20-14-12-19/h4-7,17-18H,3,8-14H2,1-2H3. The van der Waals surface area contributed by atoms with Crippen molar-refractivity contribution in [3.63, 3.8) is 0 Å². The summed E-state index contributed by atoms with van der Waals surface area (Å²) in [5, 5.41) is 3.73. The van der Waals surface area contributed by atoms with E-state index in [0.717, 1.165) is 6.54 Å². The molecule has 0 spiro atoms. The van der Waals surface area contributed by atoms with Gasteiger partial charge in [0, 0.05) is 37.2 Å². The van der Waals surface area contributed by atoms with Crippen LogP contribution in [0.3, 0.4) is 0 Å². The van der Waals surface area contributed by atoms with E-state index in [1.807, 2.05) is 0 Å². The maximum atomic E-state index is 3.73. The molecule has 1 aliphatic heterocycles. The molecule has 0 aliphatic carbocycles. The van der Waals surface area contributed by atoms with Crippen molar-refractivity contribution < 1.29 is 0 Å². The SMILES string of the molecule is CCCNC(CCN1CCSCC1)c1ccccc1C. The molecule has 1 fully saturated rings. The molecule has 20 heavy (non-hydrogen) atoms. The second kappa shape index (κ2) is 8.71. The van der Waals surface area contributed by atoms with Crippen LogP contribution in [0.1, 0.15) is 36.9 Å². The summed E-state index contributed by atoms with van der Waals surface area (Å²) in [4.78, 5) is 2.62. The van der Waals surface area contributed by atoms with Gasteiger partial charge in [-0.1, -0.05) is 31.2 Å². The van der Waals surface area contributed by atoms with Crippen LogP contribution < -0.4 is 5.32 Å². The number of hydrogen-bond acceptors (Lipinski definition) is 3. The van der Waals surface area contributed by atoms with Crippen LogP contribution in [-0.4, -0.2) is 42.6 Å². The molecule has 0 amide bonds. The first kappa shape index (κ1) is 15.9. The van der Waals surface area contributed by atoms with Crippen molar-refractivity contribution in [2.75, 3.05) is 37.7 Å². The van der Waals surface area contributed by atoms with E-state index in [1.54, 1.807) is 0 Å². The highest BCUT2D eigenvalue weighted by molar-refractivity contribution is 7.99. The van der Waals surface area contributed by atoms with Crippen LogP contribution in [0, 0.1) is 6.92 Å². The van der Waals surface area contributed by atoms with E-state index in [-0.39, 0.29) is 0 Å². The number of rotatable bonds is 7. The number of nitrogens with zero attached hydrogens (tertiary/aromatic N) is 1. The van der Waals surface area contributed by atoms with Gasteiger partial charge in [-0.2, -0.15) is 11.8 Å². The first-order valence-electron chi connectivity index (χ1n) is 7.90. The number of benzene rings is 1. The van der Waals surface area contributed by atoms with E-state index >= 15 is 0 Å². The second-order valence-corrected chi connectivity index (χ2v) is 6.83. The zero-order valence-corrected chi connectivity index (χ0v) is 13.7. The molecule has 0 aromatic heterocycles. The van der Waals surface area contributed by atoms with E-state index in [9.17, 15) is 0 Å². The predicted molar refractivity (Wildman–Crippen MR) is 90.6 cm³/mol. The Balaban J connectivity index is 1.94. The van der Waals surface area contributed by atoms with Crippen LogP contribution in [0.5, 0.6) is 0 Å². The third-order valence-corrected chi connectivity index (χ3v) is 4.98. The van der Waals surface area contributed by atoms with E-state index < -0.39 is 0 Å². The molecule has 2 nitrogen and oxygen atoms in total. The van der Waals surface area contributed by atoms with Crippen LogP contribution in [-0.2, 0) is 0 Å². The number of aryl methyl sites for hydroxylation is 1. The summed E-state index contributed by atoms with van der Waals surface area (Å²) in [5.41, 5.74) is 2.89. The minimum Gasteiger partial charge on any atom is -0.310 e. The summed E-state index contributed by atoms with van der Waals surface area (Å²) in [7, 11) is 0. The van der Waals surface area contributed by atoms with E-state index in [4.69, 9.17) is 0 Å². The summed E-state index contributed by atoms with van der Waals surface area (Å²) in [6, 6.07) is 9.33. The third kappa shape index (κ3) is 4.80. The average Bonchev–Trinajstić information content (AvgIpc) is 2.49. The highest BCUT2D eigenvalue weighted by atomic mass is 32.2. The number of thioether (sulfide) groups is 1. The topological polar surface area (TPSA) is 15.3 Å². The number of hydrogen-bond donors (Lipinski definition) is 1. The van der Waals surface area contributed by atoms with E-state index in [2.05, 4.69) is 60.1 Å². The van der Waals surface area contributed by atoms with Gasteiger partial charge in [-0.05, 0) is 37.4 Å². The molecule has 0 radical (unpaired) electrons. The normalized spacial score (nSPS) is 18.1. The van der Waals surface area contributed by atoms with Crippen molar-refractivity contribution in [2.24, 2.45) is 0 Å². The Morgan fingerprint density at radius 3 is 2.70 bits per heavy atom. The maximum Gasteiger partial charge on any atom is 0.0335 e. The molecule has 1 atom stereocenters. The monoisotopic (exact) mass is 292 g/mol. The highest BCUT2D eigenvalue weighted by Gasteiger charge is 2.16. The van der Waals surface area contributed by atoms with Crippen molar-refractivity contribution in [1.29, 1.82) is 0 Å². The average molecular weight is 292 g/mol. The van der Waals surface area contributed by atoms with Crippen LogP contribution in [0.25, 0.3) is 0 Å². The Hall–Kier alpha value is -0.510. The minimum atomic E-state index is 0.505. The first-order valence-corrected chi connectivity index (χ1v) is 9.05. The molecule has 1 N–H and O–H groups in total. The lowest BCUT2D eigenvalue weighted by Gasteiger charge is -2.29. The molecule has 0 bridgehead atoms. The summed E-state index contributed by atoms with van der Waals surface area (Å²) >= 11 is 2.09. The van der Waals surface area contributed by atoms with E-state index in [0.29, 0.717) is 6.04 Å². The summed E-state index contributed by atoms with van der Waals surface area (Å²) < 4.78 is 0. The van der Waals surface area contributed by atoms with Gasteiger partial charge in [0.15, 0.2) is 0 Å². The molecule has 1 unspecified atom stereocenters. The Labute approximate surface area is 128 Å². The van der Waals surface area contributed by atoms with Gasteiger partial charge in [-0.25, -0.2) is 0 Å². The van der Waals surface area contributed by atoms with Crippen LogP contribution >= 0.6 is 11.8 Å². The van der Waals surface area contributed by atoms with Gasteiger partial charge in [0.05, 0.1) is 0 Å². The lowest BCUT2D eigenvalue weighted by molar-refractivity contribution is 0.280. The summed E-state index contributed by atoms with van der Waals surface area (Å²) in [6.45, 7) is 9.32. The first-order chi connectivity index (χ1) is 9.81. The Bertz CT molecular complexity index is 388. The van der Waals surface area contributed by atoms with Gasteiger partial charge in [-0.15, -0.1) is 0 Å². The van der Waals surface area contributed by atoms with Crippen molar-refractivity contribution in [3.8, 4) is 0 Å². The predicted octanol–water partition coefficient (Wildman–Crippen LogP) is 3.47. The minimum absolute atomic E-state index is 0.505. The largest absolute Gasteiger partial charge is 0.310 e. The van der Waals surface area contributed by atoms with Gasteiger partial charge in [0.2, 0.25) is 0 Å². The molecule has 1 aliphatic rings. The molecule has 1 aromatic rings. The lowest BCUT2D eigenvalue weighted by atomic mass is 9.98.